The van der Waals surface area contributed by atoms with Crippen molar-refractivity contribution >= 4 is 0 Å². The van der Waals surface area contributed by atoms with Crippen molar-refractivity contribution in [1.82, 2.24) is 9.97 Å². The highest BCUT2D eigenvalue weighted by atomic mass is 16.5. The molecule has 0 aliphatic heterocycles. The van der Waals surface area contributed by atoms with E-state index in [-0.39, 0.29) is 0 Å². The van der Waals surface area contributed by atoms with E-state index in [0.29, 0.717) is 11.8 Å². The van der Waals surface area contributed by atoms with Crippen molar-refractivity contribution in [3.8, 4) is 11.4 Å². The van der Waals surface area contributed by atoms with Gasteiger partial charge in [0, 0.05) is 25.1 Å². The number of allylic oxidation sites excluding steroid dienone is 1. The molecule has 0 spiro atoms. The van der Waals surface area contributed by atoms with Gasteiger partial charge in [-0.25, -0.2) is 9.97 Å². The summed E-state index contributed by atoms with van der Waals surface area (Å²) in [5.41, 5.74) is 3.83. The number of rotatable bonds is 11. The summed E-state index contributed by atoms with van der Waals surface area (Å²) in [7, 11) is 1.75. The summed E-state index contributed by atoms with van der Waals surface area (Å²) in [6.07, 6.45) is 21.2. The molecule has 0 amide bonds. The van der Waals surface area contributed by atoms with Gasteiger partial charge in [-0.2, -0.15) is 0 Å². The summed E-state index contributed by atoms with van der Waals surface area (Å²) < 4.78 is 5.11. The first-order valence-corrected chi connectivity index (χ1v) is 11.9. The molecule has 1 aromatic carbocycles. The van der Waals surface area contributed by atoms with Crippen LogP contribution in [0.15, 0.2) is 48.8 Å². The lowest BCUT2D eigenvalue weighted by Gasteiger charge is -2.27. The third kappa shape index (κ3) is 7.05. The summed E-state index contributed by atoms with van der Waals surface area (Å²) in [5.74, 6) is 2.24. The average Bonchev–Trinajstić information content (AvgIpc) is 2.80. The first-order valence-electron chi connectivity index (χ1n) is 11.9. The van der Waals surface area contributed by atoms with Crippen molar-refractivity contribution in [3.63, 3.8) is 0 Å². The molecule has 1 aliphatic rings. The fourth-order valence-electron chi connectivity index (χ4n) is 4.46. The van der Waals surface area contributed by atoms with Crippen LogP contribution in [0, 0.1) is 5.92 Å². The lowest BCUT2D eigenvalue weighted by molar-refractivity contribution is 0.233. The van der Waals surface area contributed by atoms with Gasteiger partial charge in [0.25, 0.3) is 0 Å². The fraction of sp³-hybridized carbons (Fsp3) is 0.556. The van der Waals surface area contributed by atoms with Crippen LogP contribution in [0.1, 0.15) is 81.8 Å². The van der Waals surface area contributed by atoms with E-state index < -0.39 is 0 Å². The van der Waals surface area contributed by atoms with Crippen LogP contribution in [-0.4, -0.2) is 23.7 Å². The SMILES string of the molecule is CCCCCCCc1cnc(-c2ccc([C@H]3CC[C@H](C=CCOC)CC3)cc2)nc1. The van der Waals surface area contributed by atoms with Gasteiger partial charge >= 0.3 is 0 Å². The third-order valence-corrected chi connectivity index (χ3v) is 6.36. The molecule has 2 aromatic rings. The summed E-state index contributed by atoms with van der Waals surface area (Å²) >= 11 is 0. The number of aryl methyl sites for hydroxylation is 1. The highest BCUT2D eigenvalue weighted by Gasteiger charge is 2.20. The Hall–Kier alpha value is -2.00. The Kier molecular flexibility index (Phi) is 9.56. The molecule has 0 bridgehead atoms. The van der Waals surface area contributed by atoms with Crippen molar-refractivity contribution in [2.75, 3.05) is 13.7 Å². The standard InChI is InChI=1S/C27H38N2O/c1-3-4-5-6-7-9-23-20-28-27(29-21-23)26-17-15-25(16-18-26)24-13-11-22(12-14-24)10-8-19-30-2/h8,10,15-18,20-22,24H,3-7,9,11-14,19H2,1-2H3/t22-,24-. The lowest BCUT2D eigenvalue weighted by Crippen LogP contribution is -2.11. The van der Waals surface area contributed by atoms with E-state index in [1.807, 2.05) is 12.4 Å². The molecule has 3 nitrogen and oxygen atoms in total. The molecule has 0 saturated heterocycles. The number of benzene rings is 1. The largest absolute Gasteiger partial charge is 0.381 e. The van der Waals surface area contributed by atoms with Crippen molar-refractivity contribution in [2.24, 2.45) is 5.92 Å². The zero-order valence-electron chi connectivity index (χ0n) is 18.9. The molecule has 0 atom stereocenters. The van der Waals surface area contributed by atoms with Crippen LogP contribution in [0.4, 0.5) is 0 Å². The van der Waals surface area contributed by atoms with Gasteiger partial charge in [-0.15, -0.1) is 0 Å². The second-order valence-electron chi connectivity index (χ2n) is 8.70. The Morgan fingerprint density at radius 1 is 0.933 bits per heavy atom. The smallest absolute Gasteiger partial charge is 0.159 e. The van der Waals surface area contributed by atoms with E-state index in [1.54, 1.807) is 7.11 Å². The zero-order valence-corrected chi connectivity index (χ0v) is 18.9. The minimum atomic E-state index is 0.683. The van der Waals surface area contributed by atoms with Gasteiger partial charge < -0.3 is 4.74 Å². The molecule has 1 aliphatic carbocycles. The van der Waals surface area contributed by atoms with E-state index in [4.69, 9.17) is 4.74 Å². The van der Waals surface area contributed by atoms with E-state index in [9.17, 15) is 0 Å². The van der Waals surface area contributed by atoms with Crippen LogP contribution in [0.3, 0.4) is 0 Å². The molecule has 0 unspecified atom stereocenters. The second kappa shape index (κ2) is 12.6. The fourth-order valence-corrected chi connectivity index (χ4v) is 4.46. The highest BCUT2D eigenvalue weighted by Crippen LogP contribution is 2.36. The van der Waals surface area contributed by atoms with E-state index in [1.165, 1.54) is 68.9 Å². The Balaban J connectivity index is 1.48. The number of hydrogen-bond donors (Lipinski definition) is 0. The summed E-state index contributed by atoms with van der Waals surface area (Å²) in [6.45, 7) is 2.98. The van der Waals surface area contributed by atoms with Gasteiger partial charge in [0.05, 0.1) is 6.61 Å². The molecule has 1 heterocycles. The van der Waals surface area contributed by atoms with E-state index in [0.717, 1.165) is 24.4 Å². The molecule has 1 saturated carbocycles. The van der Waals surface area contributed by atoms with Crippen LogP contribution in [0.5, 0.6) is 0 Å². The number of ether oxygens (including phenoxy) is 1. The summed E-state index contributed by atoms with van der Waals surface area (Å²) in [6, 6.07) is 8.96. The molecule has 162 valence electrons. The molecule has 1 fully saturated rings. The topological polar surface area (TPSA) is 35.0 Å². The summed E-state index contributed by atoms with van der Waals surface area (Å²) in [5, 5.41) is 0. The normalized spacial score (nSPS) is 19.4. The van der Waals surface area contributed by atoms with Crippen LogP contribution in [0.2, 0.25) is 0 Å². The molecule has 30 heavy (non-hydrogen) atoms. The monoisotopic (exact) mass is 406 g/mol. The summed E-state index contributed by atoms with van der Waals surface area (Å²) in [4.78, 5) is 9.25. The van der Waals surface area contributed by atoms with Gasteiger partial charge in [-0.05, 0) is 61.5 Å². The Labute approximate surface area is 183 Å². The van der Waals surface area contributed by atoms with Crippen molar-refractivity contribution in [3.05, 3.63) is 59.9 Å². The molecule has 3 heteroatoms. The molecular weight excluding hydrogens is 368 g/mol. The van der Waals surface area contributed by atoms with Crippen LogP contribution >= 0.6 is 0 Å². The highest BCUT2D eigenvalue weighted by molar-refractivity contribution is 5.55. The second-order valence-corrected chi connectivity index (χ2v) is 8.70. The first kappa shape index (κ1) is 22.7. The number of nitrogens with zero attached hydrogens (tertiary/aromatic N) is 2. The number of unbranched alkanes of at least 4 members (excludes halogenated alkanes) is 4. The molecule has 1 aromatic heterocycles. The maximum atomic E-state index is 5.11. The molecule has 0 radical (unpaired) electrons. The predicted molar refractivity (Wildman–Crippen MR) is 126 cm³/mol. The molecule has 3 rings (SSSR count). The Bertz CT molecular complexity index is 743. The van der Waals surface area contributed by atoms with Crippen molar-refractivity contribution in [1.29, 1.82) is 0 Å². The predicted octanol–water partition coefficient (Wildman–Crippen LogP) is 7.13. The number of methoxy groups -OCH3 is 1. The first-order chi connectivity index (χ1) is 14.8. The van der Waals surface area contributed by atoms with Crippen molar-refractivity contribution < 1.29 is 4.74 Å². The zero-order chi connectivity index (χ0) is 21.0. The van der Waals surface area contributed by atoms with Crippen molar-refractivity contribution in [2.45, 2.75) is 77.0 Å². The quantitative estimate of drug-likeness (QED) is 0.294. The van der Waals surface area contributed by atoms with Crippen LogP contribution in [0.25, 0.3) is 11.4 Å². The van der Waals surface area contributed by atoms with Gasteiger partial charge in [-0.1, -0.05) is 69.0 Å². The molecule has 0 N–H and O–H groups in total. The molecular formula is C27H38N2O. The number of aromatic nitrogens is 2. The lowest BCUT2D eigenvalue weighted by atomic mass is 9.78. The minimum absolute atomic E-state index is 0.683. The average molecular weight is 407 g/mol. The van der Waals surface area contributed by atoms with Crippen LogP contribution < -0.4 is 0 Å². The number of hydrogen-bond acceptors (Lipinski definition) is 3. The van der Waals surface area contributed by atoms with Gasteiger partial charge in [0.1, 0.15) is 0 Å². The Morgan fingerprint density at radius 3 is 2.30 bits per heavy atom. The van der Waals surface area contributed by atoms with Crippen LogP contribution in [-0.2, 0) is 11.2 Å². The Morgan fingerprint density at radius 2 is 1.63 bits per heavy atom. The van der Waals surface area contributed by atoms with Gasteiger partial charge in [-0.3, -0.25) is 0 Å². The van der Waals surface area contributed by atoms with E-state index >= 15 is 0 Å². The maximum Gasteiger partial charge on any atom is 0.159 e. The third-order valence-electron chi connectivity index (χ3n) is 6.36. The van der Waals surface area contributed by atoms with Gasteiger partial charge in [0.15, 0.2) is 5.82 Å². The minimum Gasteiger partial charge on any atom is -0.381 e. The maximum absolute atomic E-state index is 5.11. The van der Waals surface area contributed by atoms with Gasteiger partial charge in [0.2, 0.25) is 0 Å². The van der Waals surface area contributed by atoms with E-state index in [2.05, 4.69) is 53.3 Å².